The van der Waals surface area contributed by atoms with Crippen molar-refractivity contribution in [2.45, 2.75) is 302 Å². The molecule has 0 aliphatic rings. The van der Waals surface area contributed by atoms with Crippen molar-refractivity contribution in [3.05, 3.63) is 24.3 Å². The second-order valence-electron chi connectivity index (χ2n) is 18.6. The molecular formula is C55H105NO5. The van der Waals surface area contributed by atoms with Crippen LogP contribution in [0.1, 0.15) is 290 Å². The van der Waals surface area contributed by atoms with Crippen molar-refractivity contribution >= 4 is 11.9 Å². The quantitative estimate of drug-likeness (QED) is 0.0322. The molecule has 2 atom stereocenters. The largest absolute Gasteiger partial charge is 0.466 e. The van der Waals surface area contributed by atoms with Crippen LogP contribution < -0.4 is 5.32 Å². The minimum Gasteiger partial charge on any atom is -0.466 e. The van der Waals surface area contributed by atoms with Crippen LogP contribution in [0, 0.1) is 0 Å². The van der Waals surface area contributed by atoms with Crippen LogP contribution in [-0.4, -0.2) is 47.4 Å². The van der Waals surface area contributed by atoms with E-state index < -0.39 is 12.1 Å². The van der Waals surface area contributed by atoms with E-state index in [1.54, 1.807) is 0 Å². The Morgan fingerprint density at radius 3 is 1.20 bits per heavy atom. The molecule has 2 unspecified atom stereocenters. The summed E-state index contributed by atoms with van der Waals surface area (Å²) in [5, 5.41) is 23.1. The Labute approximate surface area is 380 Å². The Bertz CT molecular complexity index is 951. The molecule has 6 nitrogen and oxygen atoms in total. The van der Waals surface area contributed by atoms with E-state index in [1.807, 2.05) is 0 Å². The van der Waals surface area contributed by atoms with E-state index in [2.05, 4.69) is 43.5 Å². The van der Waals surface area contributed by atoms with Gasteiger partial charge in [0.25, 0.3) is 0 Å². The van der Waals surface area contributed by atoms with Gasteiger partial charge in [-0.1, -0.05) is 224 Å². The number of nitrogens with one attached hydrogen (secondary N) is 1. The summed E-state index contributed by atoms with van der Waals surface area (Å²) in [4.78, 5) is 24.4. The number of hydrogen-bond donors (Lipinski definition) is 3. The number of allylic oxidation sites excluding steroid dienone is 4. The molecule has 0 aliphatic heterocycles. The highest BCUT2D eigenvalue weighted by molar-refractivity contribution is 5.76. The van der Waals surface area contributed by atoms with Crippen LogP contribution in [0.4, 0.5) is 0 Å². The van der Waals surface area contributed by atoms with Gasteiger partial charge in [-0.2, -0.15) is 0 Å². The first-order chi connectivity index (χ1) is 30.0. The van der Waals surface area contributed by atoms with Crippen LogP contribution in [-0.2, 0) is 14.3 Å². The number of hydrogen-bond acceptors (Lipinski definition) is 5. The number of amides is 1. The van der Waals surface area contributed by atoms with Crippen molar-refractivity contribution in [2.24, 2.45) is 0 Å². The van der Waals surface area contributed by atoms with Crippen molar-refractivity contribution in [3.8, 4) is 0 Å². The van der Waals surface area contributed by atoms with E-state index in [1.165, 1.54) is 212 Å². The summed E-state index contributed by atoms with van der Waals surface area (Å²) in [6.07, 6.45) is 60.2. The van der Waals surface area contributed by atoms with Crippen molar-refractivity contribution < 1.29 is 24.5 Å². The molecule has 0 fully saturated rings. The molecule has 0 rings (SSSR count). The van der Waals surface area contributed by atoms with Crippen LogP contribution in [0.5, 0.6) is 0 Å². The Morgan fingerprint density at radius 1 is 0.443 bits per heavy atom. The minimum atomic E-state index is -0.666. The summed E-state index contributed by atoms with van der Waals surface area (Å²) in [5.74, 6) is -0.0442. The fourth-order valence-corrected chi connectivity index (χ4v) is 8.28. The van der Waals surface area contributed by atoms with Crippen LogP contribution in [0.25, 0.3) is 0 Å². The molecular weight excluding hydrogens is 755 g/mol. The zero-order valence-electron chi connectivity index (χ0n) is 40.9. The van der Waals surface area contributed by atoms with E-state index in [0.717, 1.165) is 44.9 Å². The molecule has 0 saturated carbocycles. The fraction of sp³-hybridized carbons (Fsp3) is 0.891. The third-order valence-corrected chi connectivity index (χ3v) is 12.5. The lowest BCUT2D eigenvalue weighted by molar-refractivity contribution is -0.143. The molecule has 0 heterocycles. The zero-order valence-corrected chi connectivity index (χ0v) is 40.9. The Hall–Kier alpha value is -1.66. The molecule has 3 N–H and O–H groups in total. The third-order valence-electron chi connectivity index (χ3n) is 12.5. The van der Waals surface area contributed by atoms with Gasteiger partial charge in [0.05, 0.1) is 25.4 Å². The van der Waals surface area contributed by atoms with Crippen molar-refractivity contribution in [2.75, 3.05) is 13.2 Å². The SMILES string of the molecule is CCCCC/C=C\CCCCCCCC(=O)OCCCCCCCCCCCCC/C=C\CCCCCCCCCC(=O)NC(CO)C(O)CCCCCCCCCCCC. The minimum absolute atomic E-state index is 0.000477. The number of esters is 1. The zero-order chi connectivity index (χ0) is 44.4. The van der Waals surface area contributed by atoms with E-state index in [-0.39, 0.29) is 18.5 Å². The highest BCUT2D eigenvalue weighted by Gasteiger charge is 2.20. The van der Waals surface area contributed by atoms with Crippen LogP contribution >= 0.6 is 0 Å². The van der Waals surface area contributed by atoms with Crippen LogP contribution in [0.15, 0.2) is 24.3 Å². The molecule has 0 aromatic carbocycles. The van der Waals surface area contributed by atoms with E-state index in [9.17, 15) is 19.8 Å². The number of aliphatic hydroxyl groups is 2. The molecule has 0 bridgehead atoms. The number of unbranched alkanes of at least 4 members (excludes halogenated alkanes) is 35. The standard InChI is InChI=1S/C55H105NO5/c1-3-5-7-9-11-13-15-29-33-37-41-45-49-55(60)61-50-46-42-38-34-30-27-25-23-21-19-17-16-18-20-22-24-26-28-32-36-40-44-48-54(59)56-52(51-57)53(58)47-43-39-35-31-14-12-10-8-6-4-2/h11,13,18,20,52-53,57-58H,3-10,12,14-17,19,21-51H2,1-2H3,(H,56,59)/b13-11-,20-18-. The maximum Gasteiger partial charge on any atom is 0.305 e. The maximum absolute atomic E-state index is 12.4. The van der Waals surface area contributed by atoms with Crippen LogP contribution in [0.3, 0.4) is 0 Å². The number of carbonyl (C=O) groups excluding carboxylic acids is 2. The predicted molar refractivity (Wildman–Crippen MR) is 264 cm³/mol. The summed E-state index contributed by atoms with van der Waals surface area (Å²) in [5.41, 5.74) is 0. The average molecular weight is 860 g/mol. The maximum atomic E-state index is 12.4. The summed E-state index contributed by atoms with van der Waals surface area (Å²) in [6, 6.07) is -0.544. The monoisotopic (exact) mass is 860 g/mol. The Balaban J connectivity index is 3.40. The van der Waals surface area contributed by atoms with Crippen molar-refractivity contribution in [1.29, 1.82) is 0 Å². The first kappa shape index (κ1) is 59.3. The van der Waals surface area contributed by atoms with Gasteiger partial charge in [0.1, 0.15) is 0 Å². The lowest BCUT2D eigenvalue weighted by atomic mass is 10.0. The summed E-state index contributed by atoms with van der Waals surface area (Å²) in [7, 11) is 0. The first-order valence-electron chi connectivity index (χ1n) is 27.1. The van der Waals surface area contributed by atoms with E-state index in [0.29, 0.717) is 25.9 Å². The third kappa shape index (κ3) is 47.7. The lowest BCUT2D eigenvalue weighted by Gasteiger charge is -2.22. The van der Waals surface area contributed by atoms with Gasteiger partial charge < -0.3 is 20.3 Å². The van der Waals surface area contributed by atoms with E-state index >= 15 is 0 Å². The Morgan fingerprint density at radius 2 is 0.770 bits per heavy atom. The number of rotatable bonds is 50. The second kappa shape index (κ2) is 51.0. The van der Waals surface area contributed by atoms with Gasteiger partial charge in [-0.15, -0.1) is 0 Å². The summed E-state index contributed by atoms with van der Waals surface area (Å²) in [6.45, 7) is 4.91. The van der Waals surface area contributed by atoms with E-state index in [4.69, 9.17) is 4.74 Å². The molecule has 1 amide bonds. The fourth-order valence-electron chi connectivity index (χ4n) is 8.28. The lowest BCUT2D eigenvalue weighted by Crippen LogP contribution is -2.45. The highest BCUT2D eigenvalue weighted by Crippen LogP contribution is 2.16. The molecule has 360 valence electrons. The normalized spacial score (nSPS) is 12.8. The number of carbonyl (C=O) groups is 2. The first-order valence-corrected chi connectivity index (χ1v) is 27.1. The molecule has 6 heteroatoms. The van der Waals surface area contributed by atoms with Gasteiger partial charge in [-0.3, -0.25) is 9.59 Å². The second-order valence-corrected chi connectivity index (χ2v) is 18.6. The van der Waals surface area contributed by atoms with Crippen molar-refractivity contribution in [3.63, 3.8) is 0 Å². The van der Waals surface area contributed by atoms with Crippen molar-refractivity contribution in [1.82, 2.24) is 5.32 Å². The molecule has 0 aromatic heterocycles. The van der Waals surface area contributed by atoms with Gasteiger partial charge in [0.2, 0.25) is 5.91 Å². The number of aliphatic hydroxyl groups excluding tert-OH is 2. The number of ether oxygens (including phenoxy) is 1. The molecule has 0 saturated heterocycles. The molecule has 0 aromatic rings. The highest BCUT2D eigenvalue weighted by atomic mass is 16.5. The topological polar surface area (TPSA) is 95.9 Å². The molecule has 0 radical (unpaired) electrons. The average Bonchev–Trinajstić information content (AvgIpc) is 3.26. The molecule has 0 aliphatic carbocycles. The van der Waals surface area contributed by atoms with Crippen LogP contribution in [0.2, 0.25) is 0 Å². The predicted octanol–water partition coefficient (Wildman–Crippen LogP) is 16.3. The van der Waals surface area contributed by atoms with Gasteiger partial charge >= 0.3 is 5.97 Å². The Kier molecular flexibility index (Phi) is 49.6. The summed E-state index contributed by atoms with van der Waals surface area (Å²) >= 11 is 0. The molecule has 61 heavy (non-hydrogen) atoms. The van der Waals surface area contributed by atoms with Gasteiger partial charge in [0.15, 0.2) is 0 Å². The summed E-state index contributed by atoms with van der Waals surface area (Å²) < 4.78 is 5.46. The molecule has 0 spiro atoms. The van der Waals surface area contributed by atoms with Gasteiger partial charge in [-0.25, -0.2) is 0 Å². The smallest absolute Gasteiger partial charge is 0.305 e. The van der Waals surface area contributed by atoms with Gasteiger partial charge in [-0.05, 0) is 77.0 Å². The van der Waals surface area contributed by atoms with Gasteiger partial charge in [0, 0.05) is 12.8 Å².